The second-order valence-corrected chi connectivity index (χ2v) is 2.45. The molecule has 0 amide bonds. The van der Waals surface area contributed by atoms with Crippen LogP contribution in [0.2, 0.25) is 0 Å². The maximum atomic E-state index is 7.32. The highest BCUT2D eigenvalue weighted by Gasteiger charge is 1.88. The van der Waals surface area contributed by atoms with Crippen LogP contribution < -0.4 is 16.9 Å². The van der Waals surface area contributed by atoms with E-state index in [1.807, 2.05) is 24.3 Å². The van der Waals surface area contributed by atoms with Crippen molar-refractivity contribution in [2.24, 2.45) is 11.5 Å². The molecule has 1 aromatic carbocycles. The Morgan fingerprint density at radius 2 is 1.31 bits per heavy atom. The van der Waals surface area contributed by atoms with E-state index in [0.717, 1.165) is 11.1 Å². The Labute approximate surface area is 78.5 Å². The molecule has 0 unspecified atom stereocenters. The Kier molecular flexibility index (Phi) is 7.14. The Bertz CT molecular complexity index is 188. The van der Waals surface area contributed by atoms with Crippen molar-refractivity contribution in [2.45, 2.75) is 13.1 Å². The number of nitrogens with two attached hydrogens (primary N) is 2. The van der Waals surface area contributed by atoms with Gasteiger partial charge in [-0.15, -0.1) is 0 Å². The van der Waals surface area contributed by atoms with Crippen LogP contribution in [-0.2, 0) is 13.1 Å². The summed E-state index contributed by atoms with van der Waals surface area (Å²) < 4.78 is 0. The molecule has 0 radical (unpaired) electrons. The molecular weight excluding hydrogens is 166 g/mol. The third-order valence-corrected chi connectivity index (χ3v) is 1.49. The third-order valence-electron chi connectivity index (χ3n) is 1.49. The first kappa shape index (κ1) is 12.1. The lowest BCUT2D eigenvalue weighted by Crippen LogP contribution is -1.98. The molecule has 0 aliphatic heterocycles. The SMILES string of the molecule is CNO.NCc1ccc(CN)cc1. The molecule has 0 fully saturated rings. The fraction of sp³-hybridized carbons (Fsp3) is 0.333. The van der Waals surface area contributed by atoms with E-state index in [2.05, 4.69) is 0 Å². The number of hydrogen-bond acceptors (Lipinski definition) is 4. The fourth-order valence-corrected chi connectivity index (χ4v) is 0.811. The Balaban J connectivity index is 0.000000424. The summed E-state index contributed by atoms with van der Waals surface area (Å²) in [6.07, 6.45) is 0. The molecule has 0 aromatic heterocycles. The molecule has 0 atom stereocenters. The zero-order chi connectivity index (χ0) is 10.1. The highest BCUT2D eigenvalue weighted by molar-refractivity contribution is 5.21. The molecule has 0 aliphatic rings. The van der Waals surface area contributed by atoms with Crippen molar-refractivity contribution in [1.29, 1.82) is 0 Å². The fourth-order valence-electron chi connectivity index (χ4n) is 0.811. The van der Waals surface area contributed by atoms with Gasteiger partial charge < -0.3 is 16.7 Å². The molecule has 0 saturated heterocycles. The molecule has 74 valence electrons. The number of hydroxylamine groups is 1. The topological polar surface area (TPSA) is 84.3 Å². The maximum Gasteiger partial charge on any atom is 0.0178 e. The van der Waals surface area contributed by atoms with Crippen molar-refractivity contribution in [3.05, 3.63) is 35.4 Å². The quantitative estimate of drug-likeness (QED) is 0.493. The van der Waals surface area contributed by atoms with Gasteiger partial charge in [-0.25, -0.2) is 5.48 Å². The minimum atomic E-state index is 0.602. The zero-order valence-electron chi connectivity index (χ0n) is 7.83. The van der Waals surface area contributed by atoms with Gasteiger partial charge in [-0.3, -0.25) is 0 Å². The number of hydrogen-bond donors (Lipinski definition) is 4. The second kappa shape index (κ2) is 7.70. The van der Waals surface area contributed by atoms with Crippen LogP contribution in [0.25, 0.3) is 0 Å². The Hall–Kier alpha value is -0.940. The molecule has 0 aliphatic carbocycles. The van der Waals surface area contributed by atoms with Gasteiger partial charge in [0.2, 0.25) is 0 Å². The van der Waals surface area contributed by atoms with Crippen molar-refractivity contribution in [1.82, 2.24) is 5.48 Å². The second-order valence-electron chi connectivity index (χ2n) is 2.45. The molecule has 1 aromatic rings. The van der Waals surface area contributed by atoms with Gasteiger partial charge in [0, 0.05) is 20.1 Å². The lowest BCUT2D eigenvalue weighted by atomic mass is 10.1. The molecule has 0 bridgehead atoms. The van der Waals surface area contributed by atoms with Gasteiger partial charge >= 0.3 is 0 Å². The molecule has 0 heterocycles. The molecule has 4 nitrogen and oxygen atoms in total. The number of benzene rings is 1. The monoisotopic (exact) mass is 183 g/mol. The van der Waals surface area contributed by atoms with E-state index < -0.39 is 0 Å². The Morgan fingerprint density at radius 1 is 1.08 bits per heavy atom. The van der Waals surface area contributed by atoms with E-state index >= 15 is 0 Å². The van der Waals surface area contributed by atoms with E-state index in [-0.39, 0.29) is 0 Å². The zero-order valence-corrected chi connectivity index (χ0v) is 7.83. The average molecular weight is 183 g/mol. The summed E-state index contributed by atoms with van der Waals surface area (Å²) in [5, 5.41) is 7.32. The number of rotatable bonds is 2. The summed E-state index contributed by atoms with van der Waals surface area (Å²) in [5.74, 6) is 0. The van der Waals surface area contributed by atoms with E-state index in [1.165, 1.54) is 7.05 Å². The largest absolute Gasteiger partial charge is 0.326 e. The molecule has 6 N–H and O–H groups in total. The van der Waals surface area contributed by atoms with Gasteiger partial charge in [0.25, 0.3) is 0 Å². The number of nitrogens with one attached hydrogen (secondary N) is 1. The van der Waals surface area contributed by atoms with Crippen molar-refractivity contribution < 1.29 is 5.21 Å². The van der Waals surface area contributed by atoms with Crippen LogP contribution in [0.3, 0.4) is 0 Å². The van der Waals surface area contributed by atoms with Crippen LogP contribution in [0.15, 0.2) is 24.3 Å². The van der Waals surface area contributed by atoms with Crippen molar-refractivity contribution in [3.63, 3.8) is 0 Å². The summed E-state index contributed by atoms with van der Waals surface area (Å²) in [6, 6.07) is 8.01. The summed E-state index contributed by atoms with van der Waals surface area (Å²) in [4.78, 5) is 0. The molecule has 0 saturated carbocycles. The van der Waals surface area contributed by atoms with Crippen LogP contribution in [-0.4, -0.2) is 12.3 Å². The lowest BCUT2D eigenvalue weighted by Gasteiger charge is -1.97. The van der Waals surface area contributed by atoms with Crippen LogP contribution in [0.5, 0.6) is 0 Å². The van der Waals surface area contributed by atoms with E-state index in [9.17, 15) is 0 Å². The molecule has 4 heteroatoms. The van der Waals surface area contributed by atoms with Crippen molar-refractivity contribution >= 4 is 0 Å². The van der Waals surface area contributed by atoms with E-state index in [4.69, 9.17) is 16.7 Å². The Morgan fingerprint density at radius 3 is 1.46 bits per heavy atom. The van der Waals surface area contributed by atoms with E-state index in [1.54, 1.807) is 5.48 Å². The van der Waals surface area contributed by atoms with Gasteiger partial charge in [-0.05, 0) is 11.1 Å². The van der Waals surface area contributed by atoms with Crippen LogP contribution in [0.1, 0.15) is 11.1 Å². The maximum absolute atomic E-state index is 7.32. The molecule has 1 rings (SSSR count). The standard InChI is InChI=1S/C8H12N2.CH5NO/c9-5-7-1-2-8(6-10)4-3-7;1-2-3/h1-4H,5-6,9-10H2;2-3H,1H3. The molecular formula is C9H17N3O. The first-order valence-electron chi connectivity index (χ1n) is 4.07. The minimum absolute atomic E-state index is 0.602. The predicted molar refractivity (Wildman–Crippen MR) is 53.1 cm³/mol. The van der Waals surface area contributed by atoms with Crippen molar-refractivity contribution in [2.75, 3.05) is 7.05 Å². The van der Waals surface area contributed by atoms with Gasteiger partial charge in [0.1, 0.15) is 0 Å². The third kappa shape index (κ3) is 5.32. The van der Waals surface area contributed by atoms with Gasteiger partial charge in [-0.2, -0.15) is 0 Å². The van der Waals surface area contributed by atoms with E-state index in [0.29, 0.717) is 13.1 Å². The first-order valence-corrected chi connectivity index (χ1v) is 4.07. The average Bonchev–Trinajstić information content (AvgIpc) is 2.19. The summed E-state index contributed by atoms with van der Waals surface area (Å²) in [7, 11) is 1.43. The molecule has 0 spiro atoms. The summed E-state index contributed by atoms with van der Waals surface area (Å²) in [5.41, 5.74) is 14.9. The summed E-state index contributed by atoms with van der Waals surface area (Å²) in [6.45, 7) is 1.20. The van der Waals surface area contributed by atoms with Crippen molar-refractivity contribution in [3.8, 4) is 0 Å². The van der Waals surface area contributed by atoms with Crippen LogP contribution in [0, 0.1) is 0 Å². The van der Waals surface area contributed by atoms with Crippen LogP contribution >= 0.6 is 0 Å². The highest BCUT2D eigenvalue weighted by Crippen LogP contribution is 2.01. The minimum Gasteiger partial charge on any atom is -0.326 e. The lowest BCUT2D eigenvalue weighted by molar-refractivity contribution is 0.194. The normalized spacial score (nSPS) is 8.92. The predicted octanol–water partition coefficient (Wildman–Crippen LogP) is 0.199. The molecule has 13 heavy (non-hydrogen) atoms. The highest BCUT2D eigenvalue weighted by atomic mass is 16.5. The van der Waals surface area contributed by atoms with Gasteiger partial charge in [-0.1, -0.05) is 24.3 Å². The van der Waals surface area contributed by atoms with Gasteiger partial charge in [0.15, 0.2) is 0 Å². The smallest absolute Gasteiger partial charge is 0.0178 e. The summed E-state index contributed by atoms with van der Waals surface area (Å²) >= 11 is 0. The van der Waals surface area contributed by atoms with Gasteiger partial charge in [0.05, 0.1) is 0 Å². The van der Waals surface area contributed by atoms with Crippen LogP contribution in [0.4, 0.5) is 0 Å². The first-order chi connectivity index (χ1) is 6.28.